The van der Waals surface area contributed by atoms with Gasteiger partial charge in [0, 0.05) is 7.11 Å². The van der Waals surface area contributed by atoms with Gasteiger partial charge in [0.1, 0.15) is 18.3 Å². The zero-order chi connectivity index (χ0) is 13.9. The van der Waals surface area contributed by atoms with E-state index in [2.05, 4.69) is 4.74 Å². The third-order valence-electron chi connectivity index (χ3n) is 3.16. The minimum atomic E-state index is -2.35. The highest BCUT2D eigenvalue weighted by Gasteiger charge is 2.54. The molecule has 0 aromatic heterocycles. The molecule has 6 unspecified atom stereocenters. The van der Waals surface area contributed by atoms with Crippen LogP contribution in [0.2, 0.25) is 0 Å². The van der Waals surface area contributed by atoms with Crippen LogP contribution in [0.3, 0.4) is 0 Å². The van der Waals surface area contributed by atoms with Gasteiger partial charge in [-0.2, -0.15) is 0 Å². The second-order valence-electron chi connectivity index (χ2n) is 4.43. The molecule has 1 heterocycles. The highest BCUT2D eigenvalue weighted by atomic mass is 16.8. The summed E-state index contributed by atoms with van der Waals surface area (Å²) in [5.41, 5.74) is 0. The summed E-state index contributed by atoms with van der Waals surface area (Å²) < 4.78 is 15.2. The van der Waals surface area contributed by atoms with Crippen LogP contribution in [0.4, 0.5) is 0 Å². The van der Waals surface area contributed by atoms with Gasteiger partial charge >= 0.3 is 5.97 Å². The van der Waals surface area contributed by atoms with Crippen molar-refractivity contribution >= 4 is 0 Å². The molecule has 1 rings (SSSR count). The number of hydrogen-bond donors (Lipinski definition) is 4. The zero-order valence-corrected chi connectivity index (χ0v) is 10.8. The van der Waals surface area contributed by atoms with Crippen LogP contribution >= 0.6 is 0 Å². The van der Waals surface area contributed by atoms with E-state index in [1.54, 1.807) is 6.92 Å². The standard InChI is InChI=1S/C11H22O7/c1-4-6(2)17-9-7(5-12)18-11(15,16-3)10(14)8(9)13/h6-10,12-15H,4-5H2,1-3H3. The van der Waals surface area contributed by atoms with E-state index < -0.39 is 37.0 Å². The van der Waals surface area contributed by atoms with Crippen LogP contribution in [-0.4, -0.2) is 70.6 Å². The van der Waals surface area contributed by atoms with E-state index in [0.29, 0.717) is 6.42 Å². The van der Waals surface area contributed by atoms with Crippen molar-refractivity contribution < 1.29 is 34.6 Å². The van der Waals surface area contributed by atoms with Gasteiger partial charge in [0.25, 0.3) is 0 Å². The van der Waals surface area contributed by atoms with E-state index in [9.17, 15) is 20.4 Å². The van der Waals surface area contributed by atoms with Gasteiger partial charge in [-0.15, -0.1) is 0 Å². The van der Waals surface area contributed by atoms with Crippen molar-refractivity contribution in [1.82, 2.24) is 0 Å². The maximum absolute atomic E-state index is 9.94. The molecule has 4 N–H and O–H groups in total. The predicted octanol–water partition coefficient (Wildman–Crippen LogP) is -1.42. The Labute approximate surface area is 106 Å². The molecule has 1 aliphatic rings. The lowest BCUT2D eigenvalue weighted by Crippen LogP contribution is -2.66. The second kappa shape index (κ2) is 6.25. The van der Waals surface area contributed by atoms with Crippen LogP contribution in [0.1, 0.15) is 20.3 Å². The summed E-state index contributed by atoms with van der Waals surface area (Å²) in [6, 6.07) is 0. The van der Waals surface area contributed by atoms with Crippen molar-refractivity contribution in [2.24, 2.45) is 0 Å². The van der Waals surface area contributed by atoms with Gasteiger partial charge in [-0.3, -0.25) is 0 Å². The Morgan fingerprint density at radius 1 is 1.39 bits per heavy atom. The first-order valence-electron chi connectivity index (χ1n) is 5.97. The molecule has 18 heavy (non-hydrogen) atoms. The number of rotatable bonds is 5. The van der Waals surface area contributed by atoms with Crippen molar-refractivity contribution in [2.45, 2.75) is 56.8 Å². The fourth-order valence-electron chi connectivity index (χ4n) is 1.81. The van der Waals surface area contributed by atoms with Crippen LogP contribution in [-0.2, 0) is 14.2 Å². The van der Waals surface area contributed by atoms with Gasteiger partial charge in [-0.1, -0.05) is 6.92 Å². The molecular formula is C11H22O7. The van der Waals surface area contributed by atoms with E-state index in [-0.39, 0.29) is 6.10 Å². The smallest absolute Gasteiger partial charge is 0.311 e. The molecule has 0 spiro atoms. The Morgan fingerprint density at radius 3 is 2.44 bits per heavy atom. The molecule has 0 aromatic rings. The van der Waals surface area contributed by atoms with Gasteiger partial charge in [0.2, 0.25) is 0 Å². The van der Waals surface area contributed by atoms with Gasteiger partial charge in [0.15, 0.2) is 6.10 Å². The summed E-state index contributed by atoms with van der Waals surface area (Å²) in [5, 5.41) is 38.7. The summed E-state index contributed by atoms with van der Waals surface area (Å²) in [6.07, 6.45) is -4.50. The van der Waals surface area contributed by atoms with Crippen molar-refractivity contribution in [3.8, 4) is 0 Å². The Kier molecular flexibility index (Phi) is 5.47. The lowest BCUT2D eigenvalue weighted by atomic mass is 9.97. The van der Waals surface area contributed by atoms with Crippen LogP contribution in [0.5, 0.6) is 0 Å². The first-order chi connectivity index (χ1) is 8.39. The number of aliphatic hydroxyl groups is 4. The summed E-state index contributed by atoms with van der Waals surface area (Å²) >= 11 is 0. The number of hydrogen-bond acceptors (Lipinski definition) is 7. The zero-order valence-electron chi connectivity index (χ0n) is 10.8. The Balaban J connectivity index is 2.85. The van der Waals surface area contributed by atoms with Gasteiger partial charge in [-0.05, 0) is 13.3 Å². The summed E-state index contributed by atoms with van der Waals surface area (Å²) in [7, 11) is 1.13. The van der Waals surface area contributed by atoms with E-state index in [1.807, 2.05) is 6.92 Å². The number of ether oxygens (including phenoxy) is 3. The predicted molar refractivity (Wildman–Crippen MR) is 60.6 cm³/mol. The quantitative estimate of drug-likeness (QED) is 0.452. The molecule has 6 atom stereocenters. The molecule has 0 radical (unpaired) electrons. The average Bonchev–Trinajstić information content (AvgIpc) is 2.38. The third-order valence-corrected chi connectivity index (χ3v) is 3.16. The Bertz CT molecular complexity index is 260. The van der Waals surface area contributed by atoms with E-state index in [0.717, 1.165) is 7.11 Å². The third kappa shape index (κ3) is 3.00. The fraction of sp³-hybridized carbons (Fsp3) is 1.00. The molecule has 7 heteroatoms. The molecule has 0 aromatic carbocycles. The molecule has 0 aliphatic carbocycles. The maximum atomic E-state index is 9.94. The minimum Gasteiger partial charge on any atom is -0.394 e. The van der Waals surface area contributed by atoms with Gasteiger partial charge in [-0.25, -0.2) is 0 Å². The Hall–Kier alpha value is -0.280. The summed E-state index contributed by atoms with van der Waals surface area (Å²) in [4.78, 5) is 0. The summed E-state index contributed by atoms with van der Waals surface area (Å²) in [6.45, 7) is 3.22. The molecular weight excluding hydrogens is 244 g/mol. The topological polar surface area (TPSA) is 109 Å². The minimum absolute atomic E-state index is 0.178. The first-order valence-corrected chi connectivity index (χ1v) is 5.97. The normalized spacial score (nSPS) is 42.8. The monoisotopic (exact) mass is 266 g/mol. The van der Waals surface area contributed by atoms with Crippen molar-refractivity contribution in [2.75, 3.05) is 13.7 Å². The van der Waals surface area contributed by atoms with Crippen LogP contribution < -0.4 is 0 Å². The van der Waals surface area contributed by atoms with Gasteiger partial charge in [0.05, 0.1) is 12.7 Å². The molecule has 1 fully saturated rings. The van der Waals surface area contributed by atoms with Crippen molar-refractivity contribution in [3.05, 3.63) is 0 Å². The Morgan fingerprint density at radius 2 is 2.00 bits per heavy atom. The van der Waals surface area contributed by atoms with Crippen molar-refractivity contribution in [3.63, 3.8) is 0 Å². The van der Waals surface area contributed by atoms with Crippen LogP contribution in [0.25, 0.3) is 0 Å². The van der Waals surface area contributed by atoms with Crippen LogP contribution in [0.15, 0.2) is 0 Å². The molecule has 7 nitrogen and oxygen atoms in total. The molecule has 0 bridgehead atoms. The number of aliphatic hydroxyl groups excluding tert-OH is 3. The molecule has 0 saturated carbocycles. The molecule has 1 saturated heterocycles. The lowest BCUT2D eigenvalue weighted by molar-refractivity contribution is -0.445. The maximum Gasteiger partial charge on any atom is 0.311 e. The molecule has 0 amide bonds. The summed E-state index contributed by atoms with van der Waals surface area (Å²) in [5.74, 6) is -2.35. The van der Waals surface area contributed by atoms with E-state index >= 15 is 0 Å². The number of methoxy groups -OCH3 is 1. The second-order valence-corrected chi connectivity index (χ2v) is 4.43. The average molecular weight is 266 g/mol. The lowest BCUT2D eigenvalue weighted by Gasteiger charge is -2.46. The first kappa shape index (κ1) is 15.8. The SMILES string of the molecule is CCC(C)OC1C(CO)OC(O)(OC)C(O)C1O. The van der Waals surface area contributed by atoms with Gasteiger partial charge < -0.3 is 34.6 Å². The van der Waals surface area contributed by atoms with Crippen molar-refractivity contribution in [1.29, 1.82) is 0 Å². The highest BCUT2D eigenvalue weighted by Crippen LogP contribution is 2.30. The molecule has 1 aliphatic heterocycles. The fourth-order valence-corrected chi connectivity index (χ4v) is 1.81. The van der Waals surface area contributed by atoms with E-state index in [1.165, 1.54) is 0 Å². The molecule has 108 valence electrons. The highest BCUT2D eigenvalue weighted by molar-refractivity contribution is 4.93. The largest absolute Gasteiger partial charge is 0.394 e. The van der Waals surface area contributed by atoms with Crippen LogP contribution in [0, 0.1) is 0 Å². The van der Waals surface area contributed by atoms with E-state index in [4.69, 9.17) is 9.47 Å².